The van der Waals surface area contributed by atoms with Gasteiger partial charge in [0.2, 0.25) is 5.91 Å². The SMILES string of the molecule is C=CCn1c(SC(C)C(=O)N(C)Cc2cccc(F)c2)nc2ccccc21. The van der Waals surface area contributed by atoms with Gasteiger partial charge in [-0.2, -0.15) is 0 Å². The smallest absolute Gasteiger partial charge is 0.235 e. The first-order valence-electron chi connectivity index (χ1n) is 8.72. The van der Waals surface area contributed by atoms with Crippen molar-refractivity contribution in [2.24, 2.45) is 0 Å². The molecule has 6 heteroatoms. The van der Waals surface area contributed by atoms with Crippen molar-refractivity contribution in [3.8, 4) is 0 Å². The summed E-state index contributed by atoms with van der Waals surface area (Å²) in [5, 5.41) is 0.472. The van der Waals surface area contributed by atoms with Gasteiger partial charge in [0, 0.05) is 20.1 Å². The molecule has 0 saturated heterocycles. The quantitative estimate of drug-likeness (QED) is 0.445. The van der Waals surface area contributed by atoms with E-state index in [9.17, 15) is 9.18 Å². The second kappa shape index (κ2) is 8.39. The van der Waals surface area contributed by atoms with Crippen LogP contribution in [-0.2, 0) is 17.9 Å². The Labute approximate surface area is 162 Å². The molecule has 3 aromatic rings. The van der Waals surface area contributed by atoms with Crippen molar-refractivity contribution >= 4 is 28.7 Å². The lowest BCUT2D eigenvalue weighted by molar-refractivity contribution is -0.129. The first kappa shape index (κ1) is 19.2. The second-order valence-electron chi connectivity index (χ2n) is 6.37. The van der Waals surface area contributed by atoms with E-state index in [1.807, 2.05) is 43.3 Å². The molecule has 1 atom stereocenters. The van der Waals surface area contributed by atoms with E-state index in [2.05, 4.69) is 16.1 Å². The number of rotatable bonds is 7. The number of carbonyl (C=O) groups is 1. The Morgan fingerprint density at radius 1 is 1.33 bits per heavy atom. The summed E-state index contributed by atoms with van der Waals surface area (Å²) >= 11 is 1.42. The van der Waals surface area contributed by atoms with E-state index < -0.39 is 0 Å². The van der Waals surface area contributed by atoms with Crippen LogP contribution in [0.2, 0.25) is 0 Å². The van der Waals surface area contributed by atoms with Crippen LogP contribution in [0.4, 0.5) is 4.39 Å². The lowest BCUT2D eigenvalue weighted by Crippen LogP contribution is -2.33. The molecule has 2 aromatic carbocycles. The van der Waals surface area contributed by atoms with Crippen LogP contribution >= 0.6 is 11.8 Å². The summed E-state index contributed by atoms with van der Waals surface area (Å²) in [5.41, 5.74) is 2.68. The lowest BCUT2D eigenvalue weighted by atomic mass is 10.2. The molecule has 3 rings (SSSR count). The molecule has 0 aliphatic carbocycles. The molecule has 0 spiro atoms. The fourth-order valence-corrected chi connectivity index (χ4v) is 4.00. The molecule has 0 aliphatic rings. The number of carbonyl (C=O) groups excluding carboxylic acids is 1. The van der Waals surface area contributed by atoms with Crippen LogP contribution in [-0.4, -0.2) is 32.7 Å². The summed E-state index contributed by atoms with van der Waals surface area (Å²) in [4.78, 5) is 19.1. The van der Waals surface area contributed by atoms with Gasteiger partial charge >= 0.3 is 0 Å². The van der Waals surface area contributed by atoms with Crippen LogP contribution in [0.3, 0.4) is 0 Å². The summed E-state index contributed by atoms with van der Waals surface area (Å²) in [6, 6.07) is 14.2. The summed E-state index contributed by atoms with van der Waals surface area (Å²) in [7, 11) is 1.73. The first-order valence-corrected chi connectivity index (χ1v) is 9.60. The molecule has 1 unspecified atom stereocenters. The molecule has 0 aliphatic heterocycles. The fraction of sp³-hybridized carbons (Fsp3) is 0.238. The van der Waals surface area contributed by atoms with Crippen molar-refractivity contribution in [1.82, 2.24) is 14.5 Å². The van der Waals surface area contributed by atoms with E-state index in [4.69, 9.17) is 0 Å². The van der Waals surface area contributed by atoms with Gasteiger partial charge < -0.3 is 9.47 Å². The zero-order chi connectivity index (χ0) is 19.4. The maximum atomic E-state index is 13.4. The van der Waals surface area contributed by atoms with E-state index in [1.165, 1.54) is 23.9 Å². The molecule has 140 valence electrons. The Kier molecular flexibility index (Phi) is 5.96. The molecule has 1 heterocycles. The highest BCUT2D eigenvalue weighted by Crippen LogP contribution is 2.28. The predicted molar refractivity (Wildman–Crippen MR) is 108 cm³/mol. The number of nitrogens with zero attached hydrogens (tertiary/aromatic N) is 3. The van der Waals surface area contributed by atoms with E-state index in [0.717, 1.165) is 21.8 Å². The summed E-state index contributed by atoms with van der Waals surface area (Å²) in [5.74, 6) is -0.324. The zero-order valence-electron chi connectivity index (χ0n) is 15.4. The highest BCUT2D eigenvalue weighted by molar-refractivity contribution is 8.00. The van der Waals surface area contributed by atoms with E-state index >= 15 is 0 Å². The Balaban J connectivity index is 1.75. The van der Waals surface area contributed by atoms with Gasteiger partial charge in [0.05, 0.1) is 16.3 Å². The largest absolute Gasteiger partial charge is 0.340 e. The van der Waals surface area contributed by atoms with Gasteiger partial charge in [0.25, 0.3) is 0 Å². The molecule has 0 N–H and O–H groups in total. The average Bonchev–Trinajstić information content (AvgIpc) is 2.98. The molecule has 0 saturated carbocycles. The number of imidazole rings is 1. The van der Waals surface area contributed by atoms with Crippen LogP contribution in [0.25, 0.3) is 11.0 Å². The minimum Gasteiger partial charge on any atom is -0.340 e. The van der Waals surface area contributed by atoms with E-state index in [1.54, 1.807) is 18.0 Å². The van der Waals surface area contributed by atoms with Crippen molar-refractivity contribution in [2.75, 3.05) is 7.05 Å². The normalized spacial score (nSPS) is 12.1. The maximum absolute atomic E-state index is 13.4. The van der Waals surface area contributed by atoms with Gasteiger partial charge in [-0.25, -0.2) is 9.37 Å². The number of benzene rings is 2. The Hall–Kier alpha value is -2.60. The van der Waals surface area contributed by atoms with E-state index in [0.29, 0.717) is 13.1 Å². The number of halogens is 1. The third-order valence-corrected chi connectivity index (χ3v) is 5.32. The lowest BCUT2D eigenvalue weighted by Gasteiger charge is -2.21. The molecule has 0 bridgehead atoms. The zero-order valence-corrected chi connectivity index (χ0v) is 16.2. The summed E-state index contributed by atoms with van der Waals surface area (Å²) in [6.07, 6.45) is 1.82. The van der Waals surface area contributed by atoms with Crippen LogP contribution in [0.1, 0.15) is 12.5 Å². The van der Waals surface area contributed by atoms with Gasteiger partial charge in [0.1, 0.15) is 5.82 Å². The van der Waals surface area contributed by atoms with Crippen molar-refractivity contribution in [3.63, 3.8) is 0 Å². The highest BCUT2D eigenvalue weighted by Gasteiger charge is 2.22. The third-order valence-electron chi connectivity index (χ3n) is 4.25. The van der Waals surface area contributed by atoms with Crippen molar-refractivity contribution in [3.05, 3.63) is 72.6 Å². The first-order chi connectivity index (χ1) is 13.0. The topological polar surface area (TPSA) is 38.1 Å². The molecular formula is C21H22FN3OS. The van der Waals surface area contributed by atoms with Gasteiger partial charge in [-0.3, -0.25) is 4.79 Å². The van der Waals surface area contributed by atoms with E-state index in [-0.39, 0.29) is 17.0 Å². The number of para-hydroxylation sites is 2. The minimum atomic E-state index is -0.316. The Morgan fingerprint density at radius 2 is 2.11 bits per heavy atom. The van der Waals surface area contributed by atoms with Gasteiger partial charge in [0.15, 0.2) is 5.16 Å². The van der Waals surface area contributed by atoms with Crippen LogP contribution in [0, 0.1) is 5.82 Å². The summed E-state index contributed by atoms with van der Waals surface area (Å²) < 4.78 is 15.4. The number of aromatic nitrogens is 2. The monoisotopic (exact) mass is 383 g/mol. The molecule has 4 nitrogen and oxygen atoms in total. The molecule has 1 amide bonds. The maximum Gasteiger partial charge on any atom is 0.235 e. The minimum absolute atomic E-state index is 0.0264. The van der Waals surface area contributed by atoms with Crippen molar-refractivity contribution in [1.29, 1.82) is 0 Å². The fourth-order valence-electron chi connectivity index (χ4n) is 2.95. The van der Waals surface area contributed by atoms with Crippen LogP contribution < -0.4 is 0 Å². The molecule has 0 radical (unpaired) electrons. The van der Waals surface area contributed by atoms with Crippen LogP contribution in [0.5, 0.6) is 0 Å². The molecule has 0 fully saturated rings. The molecule has 27 heavy (non-hydrogen) atoms. The number of fused-ring (bicyclic) bond motifs is 1. The molecular weight excluding hydrogens is 361 g/mol. The Morgan fingerprint density at radius 3 is 2.85 bits per heavy atom. The van der Waals surface area contributed by atoms with Gasteiger partial charge in [-0.15, -0.1) is 6.58 Å². The number of allylic oxidation sites excluding steroid dienone is 1. The van der Waals surface area contributed by atoms with Gasteiger partial charge in [-0.1, -0.05) is 42.1 Å². The summed E-state index contributed by atoms with van der Waals surface area (Å²) in [6.45, 7) is 6.68. The third kappa shape index (κ3) is 4.39. The number of hydrogen-bond donors (Lipinski definition) is 0. The Bertz CT molecular complexity index is 969. The second-order valence-corrected chi connectivity index (χ2v) is 7.67. The number of thioether (sulfide) groups is 1. The van der Waals surface area contributed by atoms with Crippen LogP contribution in [0.15, 0.2) is 66.3 Å². The van der Waals surface area contributed by atoms with Crippen molar-refractivity contribution in [2.45, 2.75) is 30.4 Å². The van der Waals surface area contributed by atoms with Gasteiger partial charge in [-0.05, 0) is 36.8 Å². The van der Waals surface area contributed by atoms with Crippen molar-refractivity contribution < 1.29 is 9.18 Å². The number of hydrogen-bond acceptors (Lipinski definition) is 3. The standard InChI is InChI=1S/C21H22FN3OS/c1-4-12-25-19-11-6-5-10-18(19)23-21(25)27-15(2)20(26)24(3)14-16-8-7-9-17(22)13-16/h4-11,13,15H,1,12,14H2,2-3H3. The number of amides is 1. The average molecular weight is 383 g/mol. The predicted octanol–water partition coefficient (Wildman–Crippen LogP) is 4.50. The molecule has 1 aromatic heterocycles. The highest BCUT2D eigenvalue weighted by atomic mass is 32.2.